The summed E-state index contributed by atoms with van der Waals surface area (Å²) in [6.45, 7) is 0. The van der Waals surface area contributed by atoms with E-state index < -0.39 is 22.3 Å². The van der Waals surface area contributed by atoms with Gasteiger partial charge in [0.25, 0.3) is 0 Å². The molecule has 0 saturated carbocycles. The van der Waals surface area contributed by atoms with Gasteiger partial charge in [-0.2, -0.15) is 5.10 Å². The summed E-state index contributed by atoms with van der Waals surface area (Å²) in [5, 5.41) is 26.3. The smallest absolute Gasteiger partial charge is 0.312 e. The van der Waals surface area contributed by atoms with Gasteiger partial charge < -0.3 is 5.11 Å². The van der Waals surface area contributed by atoms with Crippen LogP contribution in [0.1, 0.15) is 11.3 Å². The number of rotatable bonds is 5. The summed E-state index contributed by atoms with van der Waals surface area (Å²) in [4.78, 5) is 27.0. The van der Waals surface area contributed by atoms with Crippen molar-refractivity contribution >= 4 is 45.7 Å². The van der Waals surface area contributed by atoms with Crippen molar-refractivity contribution in [1.82, 2.24) is 14.8 Å². The van der Waals surface area contributed by atoms with Crippen molar-refractivity contribution in [2.24, 2.45) is 5.10 Å². The van der Waals surface area contributed by atoms with Crippen molar-refractivity contribution in [2.75, 3.05) is 0 Å². The summed E-state index contributed by atoms with van der Waals surface area (Å²) >= 11 is 7.22. The number of benzene rings is 1. The lowest BCUT2D eigenvalue weighted by Crippen LogP contribution is -2.19. The maximum atomic E-state index is 11.9. The highest BCUT2D eigenvalue weighted by atomic mass is 35.5. The first-order valence-corrected chi connectivity index (χ1v) is 8.09. The Kier molecular flexibility index (Phi) is 4.63. The van der Waals surface area contributed by atoms with Gasteiger partial charge in [-0.05, 0) is 6.07 Å². The van der Waals surface area contributed by atoms with Crippen LogP contribution >= 0.6 is 22.9 Å². The Morgan fingerprint density at radius 2 is 2.36 bits per heavy atom. The second kappa shape index (κ2) is 6.87. The molecular formula is C14H10ClN5O4S. The quantitative estimate of drug-likeness (QED) is 0.400. The van der Waals surface area contributed by atoms with Crippen LogP contribution in [0, 0.1) is 10.1 Å². The number of nitro benzene ring substituents is 1. The van der Waals surface area contributed by atoms with Gasteiger partial charge in [0.1, 0.15) is 0 Å². The van der Waals surface area contributed by atoms with Crippen molar-refractivity contribution in [3.63, 3.8) is 0 Å². The lowest BCUT2D eigenvalue weighted by molar-refractivity contribution is -0.385. The zero-order valence-electron chi connectivity index (χ0n) is 12.4. The van der Waals surface area contributed by atoms with Gasteiger partial charge in [-0.15, -0.1) is 11.3 Å². The highest BCUT2D eigenvalue weighted by molar-refractivity contribution is 7.15. The van der Waals surface area contributed by atoms with Crippen LogP contribution in [0.15, 0.2) is 35.0 Å². The van der Waals surface area contributed by atoms with Crippen molar-refractivity contribution in [3.05, 3.63) is 56.3 Å². The predicted octanol–water partition coefficient (Wildman–Crippen LogP) is 2.36. The van der Waals surface area contributed by atoms with E-state index in [9.17, 15) is 20.0 Å². The molecule has 9 nitrogen and oxygen atoms in total. The molecule has 0 aliphatic carbocycles. The van der Waals surface area contributed by atoms with Crippen molar-refractivity contribution in [2.45, 2.75) is 6.42 Å². The number of halogens is 1. The molecule has 0 unspecified atom stereocenters. The molecule has 2 N–H and O–H groups in total. The molecule has 3 rings (SSSR count). The molecule has 0 fully saturated rings. The van der Waals surface area contributed by atoms with E-state index in [0.29, 0.717) is 5.69 Å². The monoisotopic (exact) mass is 379 g/mol. The zero-order valence-corrected chi connectivity index (χ0v) is 14.0. The number of hydrazone groups is 1. The number of aromatic hydroxyl groups is 1. The fourth-order valence-corrected chi connectivity index (χ4v) is 3.02. The van der Waals surface area contributed by atoms with Gasteiger partial charge in [0.05, 0.1) is 23.3 Å². The third-order valence-electron chi connectivity index (χ3n) is 3.16. The molecule has 2 heterocycles. The molecule has 0 bridgehead atoms. The first kappa shape index (κ1) is 16.9. The fraction of sp³-hybridized carbons (Fsp3) is 0.0714. The minimum Gasteiger partial charge on any atom is -0.502 e. The van der Waals surface area contributed by atoms with Crippen molar-refractivity contribution < 1.29 is 14.8 Å². The number of nitrogens with one attached hydrogen (secondary N) is 1. The van der Waals surface area contributed by atoms with Crippen molar-refractivity contribution in [1.29, 1.82) is 0 Å². The molecule has 128 valence electrons. The van der Waals surface area contributed by atoms with Crippen LogP contribution in [-0.2, 0) is 11.2 Å². The Balaban J connectivity index is 1.67. The molecule has 1 aromatic carbocycles. The van der Waals surface area contributed by atoms with Crippen LogP contribution in [0.2, 0.25) is 5.02 Å². The number of carbonyl (C=O) groups is 1. The van der Waals surface area contributed by atoms with Crippen LogP contribution in [0.5, 0.6) is 5.75 Å². The second-order valence-electron chi connectivity index (χ2n) is 4.91. The number of hydrogen-bond donors (Lipinski definition) is 2. The van der Waals surface area contributed by atoms with Crippen LogP contribution in [0.4, 0.5) is 5.69 Å². The number of carbonyl (C=O) groups excluding carboxylic acids is 1. The molecule has 1 amide bonds. The van der Waals surface area contributed by atoms with Crippen molar-refractivity contribution in [3.8, 4) is 5.75 Å². The first-order chi connectivity index (χ1) is 11.9. The number of imidazole rings is 1. The molecular weight excluding hydrogens is 370 g/mol. The average molecular weight is 380 g/mol. The molecule has 0 radical (unpaired) electrons. The number of phenolic OH excluding ortho intramolecular Hbond substituents is 1. The number of hydrogen-bond acceptors (Lipinski definition) is 7. The molecule has 0 aliphatic heterocycles. The summed E-state index contributed by atoms with van der Waals surface area (Å²) in [7, 11) is 0. The minimum atomic E-state index is -0.762. The molecule has 2 aromatic heterocycles. The van der Waals surface area contributed by atoms with Gasteiger partial charge in [0.2, 0.25) is 11.7 Å². The van der Waals surface area contributed by atoms with Crippen LogP contribution in [0.25, 0.3) is 4.96 Å². The maximum absolute atomic E-state index is 11.9. The number of fused-ring (bicyclic) bond motifs is 1. The van der Waals surface area contributed by atoms with Gasteiger partial charge in [0.15, 0.2) is 4.96 Å². The molecule has 0 spiro atoms. The number of aromatic nitrogens is 2. The van der Waals surface area contributed by atoms with E-state index in [0.717, 1.165) is 17.2 Å². The number of phenols is 1. The van der Waals surface area contributed by atoms with E-state index >= 15 is 0 Å². The summed E-state index contributed by atoms with van der Waals surface area (Å²) in [5.74, 6) is -1.00. The Morgan fingerprint density at radius 3 is 3.08 bits per heavy atom. The van der Waals surface area contributed by atoms with E-state index in [1.54, 1.807) is 10.6 Å². The Bertz CT molecular complexity index is 968. The molecule has 11 heteroatoms. The van der Waals surface area contributed by atoms with Gasteiger partial charge >= 0.3 is 5.69 Å². The first-order valence-electron chi connectivity index (χ1n) is 6.84. The Morgan fingerprint density at radius 1 is 1.56 bits per heavy atom. The van der Waals surface area contributed by atoms with E-state index in [4.69, 9.17) is 11.6 Å². The SMILES string of the molecule is O=C(Cc1cn2ccsc2n1)N/N=C/c1cc(Cl)cc([N+](=O)[O-])c1O. The van der Waals surface area contributed by atoms with Gasteiger partial charge in [-0.25, -0.2) is 10.4 Å². The van der Waals surface area contributed by atoms with Gasteiger partial charge in [-0.3, -0.25) is 19.3 Å². The maximum Gasteiger partial charge on any atom is 0.312 e. The standard InChI is InChI=1S/C14H10ClN5O4S/c15-9-3-8(13(22)11(4-9)20(23)24)6-16-18-12(21)5-10-7-19-1-2-25-14(19)17-10/h1-4,6-7,22H,5H2,(H,18,21)/b16-6+. The topological polar surface area (TPSA) is 122 Å². The number of nitrogens with zero attached hydrogens (tertiary/aromatic N) is 4. The minimum absolute atomic E-state index is 0.0157. The summed E-state index contributed by atoms with van der Waals surface area (Å²) in [5.41, 5.74) is 2.33. The average Bonchev–Trinajstić information content (AvgIpc) is 3.11. The van der Waals surface area contributed by atoms with Gasteiger partial charge in [-0.1, -0.05) is 11.6 Å². The lowest BCUT2D eigenvalue weighted by atomic mass is 10.2. The number of thiazole rings is 1. The molecule has 0 aliphatic rings. The molecule has 0 atom stereocenters. The number of amides is 1. The van der Waals surface area contributed by atoms with Crippen LogP contribution < -0.4 is 5.43 Å². The normalized spacial score (nSPS) is 11.2. The zero-order chi connectivity index (χ0) is 18.0. The van der Waals surface area contributed by atoms with Crippen LogP contribution in [-0.4, -0.2) is 31.5 Å². The van der Waals surface area contributed by atoms with E-state index in [-0.39, 0.29) is 17.0 Å². The van der Waals surface area contributed by atoms with E-state index in [1.807, 2.05) is 11.6 Å². The highest BCUT2D eigenvalue weighted by Gasteiger charge is 2.17. The Hall–Kier alpha value is -2.98. The third-order valence-corrected chi connectivity index (χ3v) is 4.15. The lowest BCUT2D eigenvalue weighted by Gasteiger charge is -2.02. The van der Waals surface area contributed by atoms with Crippen LogP contribution in [0.3, 0.4) is 0 Å². The highest BCUT2D eigenvalue weighted by Crippen LogP contribution is 2.32. The predicted molar refractivity (Wildman–Crippen MR) is 92.3 cm³/mol. The summed E-state index contributed by atoms with van der Waals surface area (Å²) in [6, 6.07) is 2.32. The summed E-state index contributed by atoms with van der Waals surface area (Å²) in [6.07, 6.45) is 4.67. The largest absolute Gasteiger partial charge is 0.502 e. The summed E-state index contributed by atoms with van der Waals surface area (Å²) < 4.78 is 1.81. The van der Waals surface area contributed by atoms with E-state index in [2.05, 4.69) is 15.5 Å². The van der Waals surface area contributed by atoms with Gasteiger partial charge in [0, 0.05) is 34.4 Å². The Labute approximate surface area is 149 Å². The fourth-order valence-electron chi connectivity index (χ4n) is 2.08. The third kappa shape index (κ3) is 3.75. The molecule has 0 saturated heterocycles. The molecule has 3 aromatic rings. The second-order valence-corrected chi connectivity index (χ2v) is 6.22. The molecule has 25 heavy (non-hydrogen) atoms. The van der Waals surface area contributed by atoms with E-state index in [1.165, 1.54) is 17.4 Å². The number of nitro groups is 1.